The van der Waals surface area contributed by atoms with Gasteiger partial charge in [-0.3, -0.25) is 4.98 Å². The van der Waals surface area contributed by atoms with Gasteiger partial charge in [0.15, 0.2) is 5.82 Å². The fraction of sp³-hybridized carbons (Fsp3) is 0.476. The molecule has 3 aromatic heterocycles. The van der Waals surface area contributed by atoms with Crippen LogP contribution in [-0.2, 0) is 6.18 Å². The van der Waals surface area contributed by atoms with Gasteiger partial charge in [0.25, 0.3) is 0 Å². The summed E-state index contributed by atoms with van der Waals surface area (Å²) >= 11 is 0. The molecule has 158 valence electrons. The number of pyridine rings is 1. The predicted molar refractivity (Wildman–Crippen MR) is 105 cm³/mol. The number of rotatable bonds is 5. The molecule has 0 radical (unpaired) electrons. The van der Waals surface area contributed by atoms with E-state index in [2.05, 4.69) is 26.0 Å². The van der Waals surface area contributed by atoms with Crippen LogP contribution in [0.4, 0.5) is 19.0 Å². The molecular weight excluding hydrogens is 395 g/mol. The lowest BCUT2D eigenvalue weighted by Crippen LogP contribution is -2.36. The average Bonchev–Trinajstić information content (AvgIpc) is 3.50. The van der Waals surface area contributed by atoms with E-state index in [-0.39, 0.29) is 11.7 Å². The SMILES string of the molecule is FC(F)(F)c1cc(OCC2CCN(c3nccn4nc(C5CC5)cc34)CC2)ccn1. The topological polar surface area (TPSA) is 55.5 Å². The van der Waals surface area contributed by atoms with Crippen LogP contribution in [0.5, 0.6) is 5.75 Å². The standard InChI is InChI=1S/C21H22F3N5O/c22-21(23,24)19-11-16(3-6-25-19)30-13-14-4-8-28(9-5-14)20-18-12-17(15-1-2-15)27-29(18)10-7-26-20/h3,6-7,10-12,14-15H,1-2,4-5,8-9,13H2. The Morgan fingerprint density at radius 1 is 1.03 bits per heavy atom. The number of halogens is 3. The lowest BCUT2D eigenvalue weighted by atomic mass is 9.98. The molecular formula is C21H22F3N5O. The highest BCUT2D eigenvalue weighted by Gasteiger charge is 2.33. The molecule has 4 heterocycles. The molecule has 1 saturated heterocycles. The van der Waals surface area contributed by atoms with E-state index in [1.165, 1.54) is 18.9 Å². The fourth-order valence-electron chi connectivity index (χ4n) is 3.93. The average molecular weight is 417 g/mol. The van der Waals surface area contributed by atoms with E-state index < -0.39 is 11.9 Å². The van der Waals surface area contributed by atoms with E-state index in [0.29, 0.717) is 12.5 Å². The first-order chi connectivity index (χ1) is 14.5. The predicted octanol–water partition coefficient (Wildman–Crippen LogP) is 4.32. The Hall–Kier alpha value is -2.84. The minimum atomic E-state index is -4.47. The zero-order chi connectivity index (χ0) is 20.7. The highest BCUT2D eigenvalue weighted by atomic mass is 19.4. The Balaban J connectivity index is 1.20. The quantitative estimate of drug-likeness (QED) is 0.619. The van der Waals surface area contributed by atoms with Crippen LogP contribution >= 0.6 is 0 Å². The van der Waals surface area contributed by atoms with Gasteiger partial charge < -0.3 is 9.64 Å². The summed E-state index contributed by atoms with van der Waals surface area (Å²) in [4.78, 5) is 10.2. The van der Waals surface area contributed by atoms with Crippen molar-refractivity contribution < 1.29 is 17.9 Å². The van der Waals surface area contributed by atoms with E-state index in [1.54, 1.807) is 6.20 Å². The Labute approximate surface area is 171 Å². The maximum absolute atomic E-state index is 12.8. The van der Waals surface area contributed by atoms with Crippen molar-refractivity contribution in [2.45, 2.75) is 37.8 Å². The third-order valence-electron chi connectivity index (χ3n) is 5.81. The van der Waals surface area contributed by atoms with Crippen molar-refractivity contribution in [3.63, 3.8) is 0 Å². The maximum Gasteiger partial charge on any atom is 0.433 e. The van der Waals surface area contributed by atoms with Crippen molar-refractivity contribution in [3.8, 4) is 5.75 Å². The normalized spacial score (nSPS) is 18.2. The van der Waals surface area contributed by atoms with Crippen molar-refractivity contribution in [2.24, 2.45) is 5.92 Å². The summed E-state index contributed by atoms with van der Waals surface area (Å²) in [5.41, 5.74) is 1.24. The Bertz CT molecular complexity index is 1040. The first-order valence-electron chi connectivity index (χ1n) is 10.2. The summed E-state index contributed by atoms with van der Waals surface area (Å²) in [5, 5.41) is 4.68. The molecule has 0 bridgehead atoms. The zero-order valence-corrected chi connectivity index (χ0v) is 16.3. The van der Waals surface area contributed by atoms with Gasteiger partial charge in [-0.1, -0.05) is 0 Å². The van der Waals surface area contributed by atoms with E-state index in [1.807, 2.05) is 10.7 Å². The van der Waals surface area contributed by atoms with Crippen molar-refractivity contribution in [2.75, 3.05) is 24.6 Å². The lowest BCUT2D eigenvalue weighted by Gasteiger charge is -2.32. The summed E-state index contributed by atoms with van der Waals surface area (Å²) < 4.78 is 45.9. The second kappa shape index (κ2) is 7.45. The van der Waals surface area contributed by atoms with Gasteiger partial charge in [0, 0.05) is 43.7 Å². The van der Waals surface area contributed by atoms with Crippen molar-refractivity contribution in [1.82, 2.24) is 19.6 Å². The van der Waals surface area contributed by atoms with Gasteiger partial charge in [0.1, 0.15) is 17.0 Å². The van der Waals surface area contributed by atoms with Crippen molar-refractivity contribution in [3.05, 3.63) is 48.2 Å². The van der Waals surface area contributed by atoms with E-state index in [0.717, 1.165) is 55.2 Å². The number of fused-ring (bicyclic) bond motifs is 1. The molecule has 2 fully saturated rings. The molecule has 0 spiro atoms. The molecule has 0 unspecified atom stereocenters. The molecule has 9 heteroatoms. The molecule has 30 heavy (non-hydrogen) atoms. The summed E-state index contributed by atoms with van der Waals surface area (Å²) in [6.07, 6.45) is 4.53. The number of ether oxygens (including phenoxy) is 1. The van der Waals surface area contributed by atoms with Gasteiger partial charge in [0.2, 0.25) is 0 Å². The summed E-state index contributed by atoms with van der Waals surface area (Å²) in [6.45, 7) is 2.05. The molecule has 2 aliphatic rings. The van der Waals surface area contributed by atoms with Crippen LogP contribution in [0, 0.1) is 5.92 Å². The monoisotopic (exact) mass is 417 g/mol. The highest BCUT2D eigenvalue weighted by molar-refractivity contribution is 5.69. The van der Waals surface area contributed by atoms with Crippen LogP contribution in [0.1, 0.15) is 43.0 Å². The summed E-state index contributed by atoms with van der Waals surface area (Å²) in [7, 11) is 0. The second-order valence-electron chi connectivity index (χ2n) is 8.04. The Morgan fingerprint density at radius 2 is 1.83 bits per heavy atom. The Kier molecular flexibility index (Phi) is 4.75. The number of piperidine rings is 1. The molecule has 5 rings (SSSR count). The van der Waals surface area contributed by atoms with E-state index in [9.17, 15) is 13.2 Å². The molecule has 0 N–H and O–H groups in total. The fourth-order valence-corrected chi connectivity index (χ4v) is 3.93. The number of hydrogen-bond acceptors (Lipinski definition) is 5. The largest absolute Gasteiger partial charge is 0.493 e. The van der Waals surface area contributed by atoms with Crippen molar-refractivity contribution in [1.29, 1.82) is 0 Å². The first kappa shape index (κ1) is 19.1. The van der Waals surface area contributed by atoms with Gasteiger partial charge in [-0.2, -0.15) is 18.3 Å². The molecule has 1 saturated carbocycles. The van der Waals surface area contributed by atoms with Crippen LogP contribution in [0.25, 0.3) is 5.52 Å². The minimum absolute atomic E-state index is 0.207. The van der Waals surface area contributed by atoms with E-state index >= 15 is 0 Å². The molecule has 1 aliphatic heterocycles. The number of aromatic nitrogens is 4. The van der Waals surface area contributed by atoms with Crippen LogP contribution in [0.3, 0.4) is 0 Å². The van der Waals surface area contributed by atoms with Gasteiger partial charge >= 0.3 is 6.18 Å². The molecule has 1 aliphatic carbocycles. The minimum Gasteiger partial charge on any atom is -0.493 e. The van der Waals surface area contributed by atoms with Gasteiger partial charge in [-0.05, 0) is 43.7 Å². The highest BCUT2D eigenvalue weighted by Crippen LogP contribution is 2.40. The number of alkyl halides is 3. The Morgan fingerprint density at radius 3 is 2.57 bits per heavy atom. The third kappa shape index (κ3) is 3.93. The first-order valence-corrected chi connectivity index (χ1v) is 10.2. The molecule has 3 aromatic rings. The van der Waals surface area contributed by atoms with Crippen LogP contribution < -0.4 is 9.64 Å². The number of hydrogen-bond donors (Lipinski definition) is 0. The third-order valence-corrected chi connectivity index (χ3v) is 5.81. The molecule has 6 nitrogen and oxygen atoms in total. The second-order valence-corrected chi connectivity index (χ2v) is 8.04. The van der Waals surface area contributed by atoms with E-state index in [4.69, 9.17) is 4.74 Å². The molecule has 0 aromatic carbocycles. The maximum atomic E-state index is 12.8. The number of nitrogens with zero attached hydrogens (tertiary/aromatic N) is 5. The van der Waals surface area contributed by atoms with Crippen molar-refractivity contribution >= 4 is 11.3 Å². The van der Waals surface area contributed by atoms with Crippen LogP contribution in [-0.4, -0.2) is 39.3 Å². The lowest BCUT2D eigenvalue weighted by molar-refractivity contribution is -0.141. The van der Waals surface area contributed by atoms with Crippen LogP contribution in [0.15, 0.2) is 36.8 Å². The van der Waals surface area contributed by atoms with Gasteiger partial charge in [-0.25, -0.2) is 9.50 Å². The molecule has 0 atom stereocenters. The summed E-state index contributed by atoms with van der Waals surface area (Å²) in [6, 6.07) is 4.57. The zero-order valence-electron chi connectivity index (χ0n) is 16.3. The number of anilines is 1. The van der Waals surface area contributed by atoms with Gasteiger partial charge in [-0.15, -0.1) is 0 Å². The summed E-state index contributed by atoms with van der Waals surface area (Å²) in [5.74, 6) is 2.03. The van der Waals surface area contributed by atoms with Gasteiger partial charge in [0.05, 0.1) is 12.3 Å². The van der Waals surface area contributed by atoms with Crippen LogP contribution in [0.2, 0.25) is 0 Å². The molecule has 0 amide bonds. The smallest absolute Gasteiger partial charge is 0.433 e.